The molecule has 24 heavy (non-hydrogen) atoms. The Kier molecular flexibility index (Phi) is 4.11. The van der Waals surface area contributed by atoms with Gasteiger partial charge in [0.2, 0.25) is 0 Å². The smallest absolute Gasteiger partial charge is 0.399 e. The van der Waals surface area contributed by atoms with Gasteiger partial charge in [-0.3, -0.25) is 10.1 Å². The summed E-state index contributed by atoms with van der Waals surface area (Å²) in [6.07, 6.45) is 3.43. The highest BCUT2D eigenvalue weighted by Gasteiger charge is 2.18. The molecule has 0 saturated carbocycles. The van der Waals surface area contributed by atoms with Crippen molar-refractivity contribution >= 4 is 12.1 Å². The minimum atomic E-state index is -0.578. The van der Waals surface area contributed by atoms with Crippen molar-refractivity contribution < 1.29 is 9.34 Å². The number of hydrogen-bond donors (Lipinski definition) is 0. The van der Waals surface area contributed by atoms with Crippen LogP contribution in [0, 0.1) is 10.1 Å². The number of para-hydroxylation sites is 1. The molecule has 0 unspecified atom stereocenters. The SMILES string of the molecule is CN(C)N=Cc1cn(-c2ccccc2)nc1-c1ccc([N+](=O)[O-])o1. The number of hydrazone groups is 1. The number of rotatable bonds is 5. The maximum Gasteiger partial charge on any atom is 0.433 e. The van der Waals surface area contributed by atoms with Gasteiger partial charge < -0.3 is 9.43 Å². The second-order valence-electron chi connectivity index (χ2n) is 5.20. The van der Waals surface area contributed by atoms with Crippen LogP contribution in [0.1, 0.15) is 5.56 Å². The Morgan fingerprint density at radius 2 is 2.00 bits per heavy atom. The third-order valence-electron chi connectivity index (χ3n) is 3.20. The van der Waals surface area contributed by atoms with E-state index in [0.29, 0.717) is 17.0 Å². The van der Waals surface area contributed by atoms with E-state index < -0.39 is 4.92 Å². The van der Waals surface area contributed by atoms with Gasteiger partial charge in [0.1, 0.15) is 10.6 Å². The molecular weight excluding hydrogens is 310 g/mol. The van der Waals surface area contributed by atoms with Crippen LogP contribution < -0.4 is 0 Å². The number of benzene rings is 1. The second-order valence-corrected chi connectivity index (χ2v) is 5.20. The van der Waals surface area contributed by atoms with Gasteiger partial charge in [-0.1, -0.05) is 18.2 Å². The van der Waals surface area contributed by atoms with Crippen LogP contribution in [0.3, 0.4) is 0 Å². The first-order chi connectivity index (χ1) is 11.5. The predicted molar refractivity (Wildman–Crippen MR) is 89.2 cm³/mol. The largest absolute Gasteiger partial charge is 0.433 e. The minimum absolute atomic E-state index is 0.316. The van der Waals surface area contributed by atoms with Gasteiger partial charge in [-0.2, -0.15) is 10.2 Å². The van der Waals surface area contributed by atoms with E-state index in [4.69, 9.17) is 4.42 Å². The fourth-order valence-electron chi connectivity index (χ4n) is 2.12. The predicted octanol–water partition coefficient (Wildman–Crippen LogP) is 2.94. The molecule has 0 amide bonds. The summed E-state index contributed by atoms with van der Waals surface area (Å²) in [7, 11) is 3.60. The van der Waals surface area contributed by atoms with E-state index in [-0.39, 0.29) is 5.88 Å². The number of hydrogen-bond acceptors (Lipinski definition) is 6. The molecule has 2 aromatic heterocycles. The number of aromatic nitrogens is 2. The summed E-state index contributed by atoms with van der Waals surface area (Å²) in [5.74, 6) is -0.00801. The van der Waals surface area contributed by atoms with Crippen molar-refractivity contribution in [3.8, 4) is 17.1 Å². The molecule has 0 saturated heterocycles. The van der Waals surface area contributed by atoms with Crippen molar-refractivity contribution in [3.05, 3.63) is 64.3 Å². The lowest BCUT2D eigenvalue weighted by atomic mass is 10.2. The molecule has 0 bridgehead atoms. The van der Waals surface area contributed by atoms with E-state index in [9.17, 15) is 10.1 Å². The van der Waals surface area contributed by atoms with E-state index in [1.165, 1.54) is 12.1 Å². The molecule has 0 spiro atoms. The quantitative estimate of drug-likeness (QED) is 0.409. The maximum absolute atomic E-state index is 10.8. The van der Waals surface area contributed by atoms with Crippen molar-refractivity contribution in [2.24, 2.45) is 5.10 Å². The van der Waals surface area contributed by atoms with Crippen molar-refractivity contribution in [1.82, 2.24) is 14.8 Å². The number of furan rings is 1. The third kappa shape index (κ3) is 3.17. The molecule has 122 valence electrons. The second kappa shape index (κ2) is 6.37. The van der Waals surface area contributed by atoms with Crippen LogP contribution in [0.4, 0.5) is 5.88 Å². The highest BCUT2D eigenvalue weighted by Crippen LogP contribution is 2.27. The molecule has 0 N–H and O–H groups in total. The zero-order valence-corrected chi connectivity index (χ0v) is 13.2. The number of nitro groups is 1. The molecule has 0 aliphatic carbocycles. The van der Waals surface area contributed by atoms with E-state index >= 15 is 0 Å². The first-order valence-electron chi connectivity index (χ1n) is 7.15. The monoisotopic (exact) mass is 325 g/mol. The Balaban J connectivity index is 2.08. The summed E-state index contributed by atoms with van der Waals surface area (Å²) in [6.45, 7) is 0. The van der Waals surface area contributed by atoms with Gasteiger partial charge in [0, 0.05) is 25.9 Å². The van der Waals surface area contributed by atoms with Gasteiger partial charge in [-0.15, -0.1) is 0 Å². The molecule has 0 atom stereocenters. The van der Waals surface area contributed by atoms with Gasteiger partial charge >= 0.3 is 5.88 Å². The normalized spacial score (nSPS) is 11.1. The van der Waals surface area contributed by atoms with Crippen molar-refractivity contribution in [1.29, 1.82) is 0 Å². The summed E-state index contributed by atoms with van der Waals surface area (Å²) in [5.41, 5.74) is 2.04. The van der Waals surface area contributed by atoms with Crippen LogP contribution in [0.15, 0.2) is 58.2 Å². The summed E-state index contributed by atoms with van der Waals surface area (Å²) in [6, 6.07) is 12.4. The molecular formula is C16H15N5O3. The zero-order valence-electron chi connectivity index (χ0n) is 13.2. The average molecular weight is 325 g/mol. The third-order valence-corrected chi connectivity index (χ3v) is 3.20. The Hall–Kier alpha value is -3.42. The molecule has 1 aromatic carbocycles. The molecule has 3 rings (SSSR count). The first-order valence-corrected chi connectivity index (χ1v) is 7.15. The molecule has 8 heteroatoms. The van der Waals surface area contributed by atoms with Crippen molar-refractivity contribution in [2.45, 2.75) is 0 Å². The zero-order chi connectivity index (χ0) is 17.1. The Labute approximate surface area is 137 Å². The van der Waals surface area contributed by atoms with Gasteiger partial charge in [-0.25, -0.2) is 4.68 Å². The Morgan fingerprint density at radius 3 is 2.62 bits per heavy atom. The van der Waals surface area contributed by atoms with Gasteiger partial charge in [0.05, 0.1) is 18.0 Å². The average Bonchev–Trinajstić information content (AvgIpc) is 3.20. The number of nitrogens with zero attached hydrogens (tertiary/aromatic N) is 5. The van der Waals surface area contributed by atoms with E-state index in [0.717, 1.165) is 5.69 Å². The minimum Gasteiger partial charge on any atom is -0.399 e. The van der Waals surface area contributed by atoms with Gasteiger partial charge in [0.15, 0.2) is 5.76 Å². The van der Waals surface area contributed by atoms with Crippen LogP contribution in [0.25, 0.3) is 17.1 Å². The molecule has 0 aliphatic rings. The molecule has 0 radical (unpaired) electrons. The molecule has 0 aliphatic heterocycles. The highest BCUT2D eigenvalue weighted by molar-refractivity contribution is 5.87. The highest BCUT2D eigenvalue weighted by atomic mass is 16.6. The lowest BCUT2D eigenvalue weighted by molar-refractivity contribution is -0.401. The molecule has 8 nitrogen and oxygen atoms in total. The van der Waals surface area contributed by atoms with Crippen molar-refractivity contribution in [2.75, 3.05) is 14.1 Å². The van der Waals surface area contributed by atoms with Gasteiger partial charge in [-0.05, 0) is 18.2 Å². The Bertz CT molecular complexity index is 880. The topological polar surface area (TPSA) is 89.7 Å². The van der Waals surface area contributed by atoms with Crippen LogP contribution >= 0.6 is 0 Å². The fraction of sp³-hybridized carbons (Fsp3) is 0.125. The van der Waals surface area contributed by atoms with Crippen LogP contribution in [-0.4, -0.2) is 40.0 Å². The van der Waals surface area contributed by atoms with Crippen LogP contribution in [-0.2, 0) is 0 Å². The van der Waals surface area contributed by atoms with Crippen molar-refractivity contribution in [3.63, 3.8) is 0 Å². The summed E-state index contributed by atoms with van der Waals surface area (Å²) in [4.78, 5) is 10.2. The summed E-state index contributed by atoms with van der Waals surface area (Å²) in [5, 5.41) is 21.2. The van der Waals surface area contributed by atoms with Crippen LogP contribution in [0.2, 0.25) is 0 Å². The lowest BCUT2D eigenvalue weighted by Gasteiger charge is -2.01. The lowest BCUT2D eigenvalue weighted by Crippen LogP contribution is -2.01. The Morgan fingerprint density at radius 1 is 1.25 bits per heavy atom. The first kappa shape index (κ1) is 15.5. The van der Waals surface area contributed by atoms with E-state index in [1.807, 2.05) is 30.3 Å². The maximum atomic E-state index is 10.8. The summed E-state index contributed by atoms with van der Waals surface area (Å²) < 4.78 is 6.96. The van der Waals surface area contributed by atoms with Gasteiger partial charge in [0.25, 0.3) is 0 Å². The fourth-order valence-corrected chi connectivity index (χ4v) is 2.12. The van der Waals surface area contributed by atoms with Crippen LogP contribution in [0.5, 0.6) is 0 Å². The molecule has 0 fully saturated rings. The molecule has 2 heterocycles. The van der Waals surface area contributed by atoms with E-state index in [1.54, 1.807) is 36.2 Å². The molecule has 3 aromatic rings. The summed E-state index contributed by atoms with van der Waals surface area (Å²) >= 11 is 0. The standard InChI is InChI=1S/C16H15N5O3/c1-19(2)17-10-12-11-20(13-6-4-3-5-7-13)18-16(12)14-8-9-15(24-14)21(22)23/h3-11H,1-2H3. The van der Waals surface area contributed by atoms with E-state index in [2.05, 4.69) is 10.2 Å².